The number of aromatic nitrogens is 2. The Bertz CT molecular complexity index is 480. The summed E-state index contributed by atoms with van der Waals surface area (Å²) in [6, 6.07) is 2.46. The van der Waals surface area contributed by atoms with Crippen LogP contribution in [0.1, 0.15) is 18.7 Å². The van der Waals surface area contributed by atoms with Gasteiger partial charge in [-0.2, -0.15) is 0 Å². The standard InChI is InChI=1S/C10H12FN3O/c1-6(12)9(15)8-5-13-10-7(11)3-2-4-14(8)10/h2-6,9,15H,12H2,1H3. The first kappa shape index (κ1) is 10.1. The predicted molar refractivity (Wildman–Crippen MR) is 53.8 cm³/mol. The van der Waals surface area contributed by atoms with Crippen molar-refractivity contribution >= 4 is 5.65 Å². The van der Waals surface area contributed by atoms with Crippen LogP contribution < -0.4 is 5.73 Å². The zero-order chi connectivity index (χ0) is 11.0. The summed E-state index contributed by atoms with van der Waals surface area (Å²) in [5.41, 5.74) is 6.27. The van der Waals surface area contributed by atoms with Gasteiger partial charge in [0.2, 0.25) is 0 Å². The maximum absolute atomic E-state index is 13.3. The van der Waals surface area contributed by atoms with Gasteiger partial charge in [0.25, 0.3) is 0 Å². The molecule has 4 nitrogen and oxygen atoms in total. The Kier molecular flexibility index (Phi) is 2.42. The van der Waals surface area contributed by atoms with Crippen molar-refractivity contribution in [1.82, 2.24) is 9.38 Å². The van der Waals surface area contributed by atoms with Gasteiger partial charge in [-0.1, -0.05) is 0 Å². The first-order valence-electron chi connectivity index (χ1n) is 4.66. The monoisotopic (exact) mass is 209 g/mol. The van der Waals surface area contributed by atoms with E-state index in [1.807, 2.05) is 0 Å². The highest BCUT2D eigenvalue weighted by atomic mass is 19.1. The number of nitrogens with two attached hydrogens (primary N) is 1. The first-order chi connectivity index (χ1) is 7.11. The normalized spacial score (nSPS) is 15.5. The van der Waals surface area contributed by atoms with Crippen LogP contribution in [0.4, 0.5) is 4.39 Å². The lowest BCUT2D eigenvalue weighted by molar-refractivity contribution is 0.148. The third-order valence-corrected chi connectivity index (χ3v) is 2.32. The van der Waals surface area contributed by atoms with E-state index in [1.54, 1.807) is 19.2 Å². The van der Waals surface area contributed by atoms with Gasteiger partial charge in [-0.05, 0) is 19.1 Å². The van der Waals surface area contributed by atoms with Crippen LogP contribution in [0, 0.1) is 5.82 Å². The van der Waals surface area contributed by atoms with Crippen LogP contribution in [-0.4, -0.2) is 20.5 Å². The third-order valence-electron chi connectivity index (χ3n) is 2.32. The summed E-state index contributed by atoms with van der Waals surface area (Å²) in [5, 5.41) is 9.77. The fraction of sp³-hybridized carbons (Fsp3) is 0.300. The second-order valence-corrected chi connectivity index (χ2v) is 3.54. The predicted octanol–water partition coefficient (Wildman–Crippen LogP) is 0.854. The average molecular weight is 209 g/mol. The van der Waals surface area contributed by atoms with Gasteiger partial charge in [0.05, 0.1) is 11.9 Å². The molecule has 80 valence electrons. The molecule has 0 aliphatic carbocycles. The van der Waals surface area contributed by atoms with Gasteiger partial charge in [0.15, 0.2) is 11.5 Å². The quantitative estimate of drug-likeness (QED) is 0.770. The van der Waals surface area contributed by atoms with E-state index in [0.717, 1.165) is 0 Å². The molecule has 0 aliphatic rings. The number of nitrogens with zero attached hydrogens (tertiary/aromatic N) is 2. The van der Waals surface area contributed by atoms with Gasteiger partial charge in [0, 0.05) is 12.2 Å². The number of halogens is 1. The number of imidazole rings is 1. The van der Waals surface area contributed by atoms with Crippen molar-refractivity contribution in [3.05, 3.63) is 36.0 Å². The van der Waals surface area contributed by atoms with Gasteiger partial charge in [-0.3, -0.25) is 4.40 Å². The fourth-order valence-corrected chi connectivity index (χ4v) is 1.48. The number of rotatable bonds is 2. The lowest BCUT2D eigenvalue weighted by Crippen LogP contribution is -2.25. The van der Waals surface area contributed by atoms with Crippen LogP contribution in [0.5, 0.6) is 0 Å². The molecule has 0 aromatic carbocycles. The Balaban J connectivity index is 2.59. The summed E-state index contributed by atoms with van der Waals surface area (Å²) >= 11 is 0. The van der Waals surface area contributed by atoms with Crippen LogP contribution >= 0.6 is 0 Å². The maximum Gasteiger partial charge on any atom is 0.173 e. The minimum absolute atomic E-state index is 0.201. The largest absolute Gasteiger partial charge is 0.385 e. The maximum atomic E-state index is 13.3. The molecule has 2 aromatic rings. The van der Waals surface area contributed by atoms with Gasteiger partial charge < -0.3 is 10.8 Å². The van der Waals surface area contributed by atoms with E-state index in [-0.39, 0.29) is 5.65 Å². The summed E-state index contributed by atoms with van der Waals surface area (Å²) < 4.78 is 14.8. The van der Waals surface area contributed by atoms with Crippen molar-refractivity contribution in [1.29, 1.82) is 0 Å². The lowest BCUT2D eigenvalue weighted by atomic mass is 10.1. The van der Waals surface area contributed by atoms with Crippen LogP contribution in [0.25, 0.3) is 5.65 Å². The van der Waals surface area contributed by atoms with Crippen molar-refractivity contribution in [2.24, 2.45) is 5.73 Å². The number of fused-ring (bicyclic) bond motifs is 1. The highest BCUT2D eigenvalue weighted by Gasteiger charge is 2.17. The van der Waals surface area contributed by atoms with E-state index < -0.39 is 18.0 Å². The van der Waals surface area contributed by atoms with Gasteiger partial charge in [-0.15, -0.1) is 0 Å². The SMILES string of the molecule is CC(N)C(O)c1cnc2c(F)cccn12. The fourth-order valence-electron chi connectivity index (χ4n) is 1.48. The van der Waals surface area contributed by atoms with Crippen LogP contribution in [0.3, 0.4) is 0 Å². The molecule has 15 heavy (non-hydrogen) atoms. The summed E-state index contributed by atoms with van der Waals surface area (Å²) in [6.07, 6.45) is 2.24. The highest BCUT2D eigenvalue weighted by molar-refractivity contribution is 5.42. The topological polar surface area (TPSA) is 63.5 Å². The van der Waals surface area contributed by atoms with Crippen molar-refractivity contribution < 1.29 is 9.50 Å². The van der Waals surface area contributed by atoms with E-state index in [9.17, 15) is 9.50 Å². The molecule has 0 aliphatic heterocycles. The van der Waals surface area contributed by atoms with Gasteiger partial charge >= 0.3 is 0 Å². The Morgan fingerprint density at radius 3 is 3.00 bits per heavy atom. The minimum Gasteiger partial charge on any atom is -0.385 e. The minimum atomic E-state index is -0.846. The molecule has 2 aromatic heterocycles. The second-order valence-electron chi connectivity index (χ2n) is 3.54. The van der Waals surface area contributed by atoms with E-state index in [2.05, 4.69) is 4.98 Å². The molecule has 0 saturated heterocycles. The number of hydrogen-bond donors (Lipinski definition) is 2. The Hall–Kier alpha value is -1.46. The van der Waals surface area contributed by atoms with Crippen LogP contribution in [0.15, 0.2) is 24.5 Å². The second kappa shape index (κ2) is 3.60. The molecule has 2 unspecified atom stereocenters. The number of pyridine rings is 1. The molecular formula is C10H12FN3O. The Morgan fingerprint density at radius 1 is 1.60 bits per heavy atom. The van der Waals surface area contributed by atoms with E-state index in [0.29, 0.717) is 5.69 Å². The number of hydrogen-bond acceptors (Lipinski definition) is 3. The van der Waals surface area contributed by atoms with Crippen molar-refractivity contribution in [2.45, 2.75) is 19.1 Å². The van der Waals surface area contributed by atoms with Crippen molar-refractivity contribution in [2.75, 3.05) is 0 Å². The summed E-state index contributed by atoms with van der Waals surface area (Å²) in [5.74, 6) is -0.416. The summed E-state index contributed by atoms with van der Waals surface area (Å²) in [6.45, 7) is 1.68. The molecule has 5 heteroatoms. The smallest absolute Gasteiger partial charge is 0.173 e. The third kappa shape index (κ3) is 1.60. The average Bonchev–Trinajstić information content (AvgIpc) is 2.61. The zero-order valence-electron chi connectivity index (χ0n) is 8.26. The molecule has 2 rings (SSSR count). The molecule has 2 heterocycles. The molecule has 0 fully saturated rings. The van der Waals surface area contributed by atoms with Gasteiger partial charge in [0.1, 0.15) is 6.10 Å². The van der Waals surface area contributed by atoms with Crippen molar-refractivity contribution in [3.8, 4) is 0 Å². The summed E-state index contributed by atoms with van der Waals surface area (Å²) in [7, 11) is 0. The molecule has 0 saturated carbocycles. The van der Waals surface area contributed by atoms with E-state index in [4.69, 9.17) is 5.73 Å². The molecule has 0 amide bonds. The molecule has 0 radical (unpaired) electrons. The lowest BCUT2D eigenvalue weighted by Gasteiger charge is -2.13. The van der Waals surface area contributed by atoms with Gasteiger partial charge in [-0.25, -0.2) is 9.37 Å². The molecule has 0 bridgehead atoms. The zero-order valence-corrected chi connectivity index (χ0v) is 8.26. The highest BCUT2D eigenvalue weighted by Crippen LogP contribution is 2.18. The number of aliphatic hydroxyl groups is 1. The van der Waals surface area contributed by atoms with E-state index >= 15 is 0 Å². The van der Waals surface area contributed by atoms with Crippen LogP contribution in [-0.2, 0) is 0 Å². The molecule has 0 spiro atoms. The van der Waals surface area contributed by atoms with Crippen LogP contribution in [0.2, 0.25) is 0 Å². The molecule has 3 N–H and O–H groups in total. The molecular weight excluding hydrogens is 197 g/mol. The molecule has 2 atom stereocenters. The Labute approximate surface area is 86.2 Å². The first-order valence-corrected chi connectivity index (χ1v) is 4.66. The summed E-state index contributed by atoms with van der Waals surface area (Å²) in [4.78, 5) is 3.89. The van der Waals surface area contributed by atoms with Crippen molar-refractivity contribution in [3.63, 3.8) is 0 Å². The number of aliphatic hydroxyl groups excluding tert-OH is 1. The Morgan fingerprint density at radius 2 is 2.33 bits per heavy atom. The van der Waals surface area contributed by atoms with E-state index in [1.165, 1.54) is 16.7 Å².